The third kappa shape index (κ3) is 3.48. The maximum absolute atomic E-state index is 12.1. The zero-order valence-electron chi connectivity index (χ0n) is 13.5. The summed E-state index contributed by atoms with van der Waals surface area (Å²) in [5.74, 6) is 0.515. The van der Waals surface area contributed by atoms with Crippen molar-refractivity contribution >= 4 is 17.5 Å². The molecule has 24 heavy (non-hydrogen) atoms. The minimum Gasteiger partial charge on any atom is -0.454 e. The van der Waals surface area contributed by atoms with Crippen LogP contribution >= 0.6 is 0 Å². The third-order valence-corrected chi connectivity index (χ3v) is 3.70. The SMILES string of the molecule is Cc1ccc(NC(=O)CNC(=O)c2ccc3c(c2)OCO3)c(C)c1. The number of aryl methyl sites for hydroxylation is 2. The summed E-state index contributed by atoms with van der Waals surface area (Å²) < 4.78 is 10.4. The number of anilines is 1. The molecular formula is C18H18N2O4. The van der Waals surface area contributed by atoms with Crippen molar-refractivity contribution in [3.05, 3.63) is 53.1 Å². The van der Waals surface area contributed by atoms with Crippen molar-refractivity contribution in [2.45, 2.75) is 13.8 Å². The van der Waals surface area contributed by atoms with Crippen LogP contribution in [0, 0.1) is 13.8 Å². The molecule has 0 aromatic heterocycles. The Morgan fingerprint density at radius 1 is 1.04 bits per heavy atom. The van der Waals surface area contributed by atoms with Crippen molar-refractivity contribution in [2.75, 3.05) is 18.7 Å². The molecule has 3 rings (SSSR count). The molecule has 6 nitrogen and oxygen atoms in total. The van der Waals surface area contributed by atoms with Gasteiger partial charge in [-0.05, 0) is 43.7 Å². The van der Waals surface area contributed by atoms with Gasteiger partial charge in [0, 0.05) is 11.3 Å². The van der Waals surface area contributed by atoms with Gasteiger partial charge >= 0.3 is 0 Å². The number of carbonyl (C=O) groups excluding carboxylic acids is 2. The van der Waals surface area contributed by atoms with Crippen molar-refractivity contribution in [1.82, 2.24) is 5.32 Å². The lowest BCUT2D eigenvalue weighted by atomic mass is 10.1. The van der Waals surface area contributed by atoms with Crippen molar-refractivity contribution in [3.63, 3.8) is 0 Å². The van der Waals surface area contributed by atoms with E-state index in [-0.39, 0.29) is 25.2 Å². The van der Waals surface area contributed by atoms with Gasteiger partial charge < -0.3 is 20.1 Å². The number of amides is 2. The number of benzene rings is 2. The number of carbonyl (C=O) groups is 2. The van der Waals surface area contributed by atoms with Crippen LogP contribution in [0.3, 0.4) is 0 Å². The second-order valence-corrected chi connectivity index (χ2v) is 5.62. The van der Waals surface area contributed by atoms with Gasteiger partial charge in [-0.2, -0.15) is 0 Å². The standard InChI is InChI=1S/C18H18N2O4/c1-11-3-5-14(12(2)7-11)20-17(21)9-19-18(22)13-4-6-15-16(8-13)24-10-23-15/h3-8H,9-10H2,1-2H3,(H,19,22)(H,20,21). The summed E-state index contributed by atoms with van der Waals surface area (Å²) in [6.45, 7) is 3.96. The van der Waals surface area contributed by atoms with E-state index in [1.807, 2.05) is 32.0 Å². The predicted molar refractivity (Wildman–Crippen MR) is 89.4 cm³/mol. The Morgan fingerprint density at radius 2 is 1.83 bits per heavy atom. The highest BCUT2D eigenvalue weighted by atomic mass is 16.7. The summed E-state index contributed by atoms with van der Waals surface area (Å²) >= 11 is 0. The summed E-state index contributed by atoms with van der Waals surface area (Å²) in [5.41, 5.74) is 3.26. The fraction of sp³-hybridized carbons (Fsp3) is 0.222. The zero-order chi connectivity index (χ0) is 17.1. The summed E-state index contributed by atoms with van der Waals surface area (Å²) in [4.78, 5) is 24.1. The van der Waals surface area contributed by atoms with Crippen LogP contribution in [0.5, 0.6) is 11.5 Å². The first kappa shape index (κ1) is 15.9. The number of rotatable bonds is 4. The van der Waals surface area contributed by atoms with E-state index in [2.05, 4.69) is 10.6 Å². The third-order valence-electron chi connectivity index (χ3n) is 3.70. The molecule has 2 N–H and O–H groups in total. The van der Waals surface area contributed by atoms with Gasteiger partial charge in [-0.25, -0.2) is 0 Å². The van der Waals surface area contributed by atoms with E-state index < -0.39 is 0 Å². The molecule has 124 valence electrons. The first-order valence-electron chi connectivity index (χ1n) is 7.58. The average Bonchev–Trinajstić information content (AvgIpc) is 3.03. The van der Waals surface area contributed by atoms with E-state index in [0.717, 1.165) is 16.8 Å². The van der Waals surface area contributed by atoms with Crippen LogP contribution in [0.15, 0.2) is 36.4 Å². The second kappa shape index (κ2) is 6.62. The highest BCUT2D eigenvalue weighted by Gasteiger charge is 2.16. The van der Waals surface area contributed by atoms with Crippen LogP contribution in [0.4, 0.5) is 5.69 Å². The summed E-state index contributed by atoms with van der Waals surface area (Å²) in [7, 11) is 0. The minimum absolute atomic E-state index is 0.111. The smallest absolute Gasteiger partial charge is 0.251 e. The van der Waals surface area contributed by atoms with Crippen LogP contribution in [0.25, 0.3) is 0 Å². The van der Waals surface area contributed by atoms with Crippen molar-refractivity contribution in [3.8, 4) is 11.5 Å². The van der Waals surface area contributed by atoms with E-state index in [1.54, 1.807) is 18.2 Å². The minimum atomic E-state index is -0.343. The van der Waals surface area contributed by atoms with Gasteiger partial charge in [-0.15, -0.1) is 0 Å². The Labute approximate surface area is 139 Å². The molecule has 0 radical (unpaired) electrons. The molecule has 1 aliphatic rings. The molecule has 0 atom stereocenters. The summed E-state index contributed by atoms with van der Waals surface area (Å²) in [6.07, 6.45) is 0. The van der Waals surface area contributed by atoms with Crippen molar-refractivity contribution in [2.24, 2.45) is 0 Å². The van der Waals surface area contributed by atoms with Gasteiger partial charge in [0.1, 0.15) is 0 Å². The van der Waals surface area contributed by atoms with E-state index in [4.69, 9.17) is 9.47 Å². The van der Waals surface area contributed by atoms with Crippen LogP contribution < -0.4 is 20.1 Å². The van der Waals surface area contributed by atoms with Gasteiger partial charge in [0.05, 0.1) is 6.54 Å². The van der Waals surface area contributed by atoms with Gasteiger partial charge in [-0.1, -0.05) is 17.7 Å². The van der Waals surface area contributed by atoms with E-state index in [0.29, 0.717) is 17.1 Å². The Balaban J connectivity index is 1.57. The van der Waals surface area contributed by atoms with Crippen LogP contribution in [0.1, 0.15) is 21.5 Å². The van der Waals surface area contributed by atoms with Crippen molar-refractivity contribution in [1.29, 1.82) is 0 Å². The molecule has 2 aromatic carbocycles. The first-order valence-corrected chi connectivity index (χ1v) is 7.58. The molecule has 0 aliphatic carbocycles. The van der Waals surface area contributed by atoms with Gasteiger partial charge in [-0.3, -0.25) is 9.59 Å². The summed E-state index contributed by atoms with van der Waals surface area (Å²) in [6, 6.07) is 10.7. The lowest BCUT2D eigenvalue weighted by Gasteiger charge is -2.10. The molecular weight excluding hydrogens is 308 g/mol. The maximum Gasteiger partial charge on any atom is 0.251 e. The molecule has 2 amide bonds. The normalized spacial score (nSPS) is 11.9. The first-order chi connectivity index (χ1) is 11.5. The predicted octanol–water partition coefficient (Wildman–Crippen LogP) is 2.40. The lowest BCUT2D eigenvalue weighted by Crippen LogP contribution is -2.33. The molecule has 0 saturated heterocycles. The second-order valence-electron chi connectivity index (χ2n) is 5.62. The number of nitrogens with one attached hydrogen (secondary N) is 2. The number of hydrogen-bond donors (Lipinski definition) is 2. The molecule has 1 heterocycles. The zero-order valence-corrected chi connectivity index (χ0v) is 13.5. The number of fused-ring (bicyclic) bond motifs is 1. The van der Waals surface area contributed by atoms with Gasteiger partial charge in [0.25, 0.3) is 5.91 Å². The monoisotopic (exact) mass is 326 g/mol. The molecule has 0 spiro atoms. The topological polar surface area (TPSA) is 76.7 Å². The number of hydrogen-bond acceptors (Lipinski definition) is 4. The van der Waals surface area contributed by atoms with Crippen LogP contribution in [-0.4, -0.2) is 25.2 Å². The fourth-order valence-electron chi connectivity index (χ4n) is 2.45. The largest absolute Gasteiger partial charge is 0.454 e. The van der Waals surface area contributed by atoms with Gasteiger partial charge in [0.15, 0.2) is 11.5 Å². The lowest BCUT2D eigenvalue weighted by molar-refractivity contribution is -0.115. The molecule has 6 heteroatoms. The molecule has 2 aromatic rings. The molecule has 0 saturated carbocycles. The Hall–Kier alpha value is -3.02. The molecule has 0 bridgehead atoms. The van der Waals surface area contributed by atoms with E-state index in [1.165, 1.54) is 0 Å². The van der Waals surface area contributed by atoms with Crippen molar-refractivity contribution < 1.29 is 19.1 Å². The average molecular weight is 326 g/mol. The van der Waals surface area contributed by atoms with Gasteiger partial charge in [0.2, 0.25) is 12.7 Å². The summed E-state index contributed by atoms with van der Waals surface area (Å²) in [5, 5.41) is 5.38. The van der Waals surface area contributed by atoms with Crippen LogP contribution in [-0.2, 0) is 4.79 Å². The molecule has 1 aliphatic heterocycles. The van der Waals surface area contributed by atoms with E-state index in [9.17, 15) is 9.59 Å². The maximum atomic E-state index is 12.1. The van der Waals surface area contributed by atoms with Crippen LogP contribution in [0.2, 0.25) is 0 Å². The Kier molecular flexibility index (Phi) is 4.37. The Bertz CT molecular complexity index is 802. The molecule has 0 unspecified atom stereocenters. The quantitative estimate of drug-likeness (QED) is 0.904. The molecule has 0 fully saturated rings. The highest BCUT2D eigenvalue weighted by Crippen LogP contribution is 2.32. The fourth-order valence-corrected chi connectivity index (χ4v) is 2.45. The van der Waals surface area contributed by atoms with E-state index >= 15 is 0 Å². The number of ether oxygens (including phenoxy) is 2. The highest BCUT2D eigenvalue weighted by molar-refractivity contribution is 5.99. The Morgan fingerprint density at radius 3 is 2.62 bits per heavy atom.